The number of nitrogens with zero attached hydrogens (tertiary/aromatic N) is 1. The number of anilines is 2. The first-order valence-corrected chi connectivity index (χ1v) is 8.22. The zero-order chi connectivity index (χ0) is 17.4. The van der Waals surface area contributed by atoms with Crippen LogP contribution in [-0.2, 0) is 0 Å². The van der Waals surface area contributed by atoms with Crippen LogP contribution >= 0.6 is 0 Å². The SMILES string of the molecule is CCCCCNc1ccnc(C(=O)Nc2ccc(C(C)=O)cc2)c1. The highest BCUT2D eigenvalue weighted by atomic mass is 16.2. The number of hydrogen-bond donors (Lipinski definition) is 2. The number of nitrogens with one attached hydrogen (secondary N) is 2. The normalized spacial score (nSPS) is 10.2. The Morgan fingerprint density at radius 2 is 1.79 bits per heavy atom. The Morgan fingerprint density at radius 3 is 2.46 bits per heavy atom. The first-order chi connectivity index (χ1) is 11.6. The fourth-order valence-corrected chi connectivity index (χ4v) is 2.26. The molecule has 2 N–H and O–H groups in total. The highest BCUT2D eigenvalue weighted by Crippen LogP contribution is 2.13. The molecule has 24 heavy (non-hydrogen) atoms. The van der Waals surface area contributed by atoms with E-state index in [1.807, 2.05) is 6.07 Å². The number of hydrogen-bond acceptors (Lipinski definition) is 4. The average molecular weight is 325 g/mol. The van der Waals surface area contributed by atoms with Gasteiger partial charge in [-0.05, 0) is 49.7 Å². The van der Waals surface area contributed by atoms with Gasteiger partial charge in [-0.2, -0.15) is 0 Å². The highest BCUT2D eigenvalue weighted by molar-refractivity contribution is 6.03. The first-order valence-electron chi connectivity index (χ1n) is 8.22. The Labute approximate surface area is 142 Å². The minimum Gasteiger partial charge on any atom is -0.385 e. The van der Waals surface area contributed by atoms with E-state index >= 15 is 0 Å². The molecule has 0 aliphatic heterocycles. The number of amides is 1. The van der Waals surface area contributed by atoms with Crippen molar-refractivity contribution < 1.29 is 9.59 Å². The molecule has 126 valence electrons. The second-order valence-electron chi connectivity index (χ2n) is 5.65. The van der Waals surface area contributed by atoms with Crippen molar-refractivity contribution in [2.75, 3.05) is 17.2 Å². The van der Waals surface area contributed by atoms with E-state index in [0.717, 1.165) is 18.7 Å². The van der Waals surface area contributed by atoms with Crippen LogP contribution in [0, 0.1) is 0 Å². The van der Waals surface area contributed by atoms with Crippen molar-refractivity contribution in [3.63, 3.8) is 0 Å². The molecule has 1 aromatic carbocycles. The molecule has 0 saturated heterocycles. The van der Waals surface area contributed by atoms with Crippen LogP contribution in [0.3, 0.4) is 0 Å². The number of pyridine rings is 1. The highest BCUT2D eigenvalue weighted by Gasteiger charge is 2.09. The van der Waals surface area contributed by atoms with Crippen molar-refractivity contribution >= 4 is 23.1 Å². The van der Waals surface area contributed by atoms with E-state index in [1.165, 1.54) is 19.8 Å². The van der Waals surface area contributed by atoms with Gasteiger partial charge in [0, 0.05) is 29.7 Å². The van der Waals surface area contributed by atoms with Gasteiger partial charge < -0.3 is 10.6 Å². The standard InChI is InChI=1S/C19H23N3O2/c1-3-4-5-11-20-17-10-12-21-18(13-17)19(24)22-16-8-6-15(7-9-16)14(2)23/h6-10,12-13H,3-5,11H2,1-2H3,(H,20,21)(H,22,24). The molecule has 0 aliphatic carbocycles. The second kappa shape index (κ2) is 8.82. The van der Waals surface area contributed by atoms with Gasteiger partial charge in [-0.1, -0.05) is 19.8 Å². The fraction of sp³-hybridized carbons (Fsp3) is 0.316. The van der Waals surface area contributed by atoms with Crippen molar-refractivity contribution in [1.82, 2.24) is 4.98 Å². The third-order valence-corrected chi connectivity index (χ3v) is 3.65. The van der Waals surface area contributed by atoms with E-state index in [2.05, 4.69) is 22.5 Å². The lowest BCUT2D eigenvalue weighted by molar-refractivity contribution is 0.101. The monoisotopic (exact) mass is 325 g/mol. The minimum absolute atomic E-state index is 0.00334. The maximum atomic E-state index is 12.3. The minimum atomic E-state index is -0.275. The molecule has 1 aromatic heterocycles. The summed E-state index contributed by atoms with van der Waals surface area (Å²) in [6.45, 7) is 4.56. The Balaban J connectivity index is 1.97. The molecule has 2 rings (SSSR count). The van der Waals surface area contributed by atoms with Crippen LogP contribution in [0.5, 0.6) is 0 Å². The lowest BCUT2D eigenvalue weighted by Crippen LogP contribution is -2.14. The number of carbonyl (C=O) groups is 2. The van der Waals surface area contributed by atoms with Gasteiger partial charge in [0.05, 0.1) is 0 Å². The molecule has 5 heteroatoms. The summed E-state index contributed by atoms with van der Waals surface area (Å²) in [5.41, 5.74) is 2.49. The summed E-state index contributed by atoms with van der Waals surface area (Å²) >= 11 is 0. The molecular weight excluding hydrogens is 302 g/mol. The predicted octanol–water partition coefficient (Wildman–Crippen LogP) is 4.14. The number of ketones is 1. The van der Waals surface area contributed by atoms with Gasteiger partial charge in [-0.25, -0.2) is 0 Å². The molecule has 0 fully saturated rings. The number of aromatic nitrogens is 1. The van der Waals surface area contributed by atoms with Crippen LogP contribution in [0.2, 0.25) is 0 Å². The summed E-state index contributed by atoms with van der Waals surface area (Å²) in [5.74, 6) is -0.279. The average Bonchev–Trinajstić information content (AvgIpc) is 2.59. The number of unbranched alkanes of at least 4 members (excludes halogenated alkanes) is 2. The van der Waals surface area contributed by atoms with E-state index in [-0.39, 0.29) is 11.7 Å². The van der Waals surface area contributed by atoms with Gasteiger partial charge in [0.1, 0.15) is 5.69 Å². The third kappa shape index (κ3) is 5.19. The number of rotatable bonds is 8. The Bertz CT molecular complexity index is 696. The van der Waals surface area contributed by atoms with Gasteiger partial charge in [-0.15, -0.1) is 0 Å². The molecule has 1 heterocycles. The molecule has 0 spiro atoms. The number of carbonyl (C=O) groups excluding carboxylic acids is 2. The van der Waals surface area contributed by atoms with Crippen LogP contribution in [0.15, 0.2) is 42.6 Å². The van der Waals surface area contributed by atoms with E-state index in [9.17, 15) is 9.59 Å². The first kappa shape index (κ1) is 17.7. The molecule has 1 amide bonds. The molecule has 0 radical (unpaired) electrons. The van der Waals surface area contributed by atoms with Gasteiger partial charge in [-0.3, -0.25) is 14.6 Å². The number of Topliss-reactive ketones (excluding diaryl/α,β-unsaturated/α-hetero) is 1. The largest absolute Gasteiger partial charge is 0.385 e. The van der Waals surface area contributed by atoms with Gasteiger partial charge in [0.15, 0.2) is 5.78 Å². The Kier molecular flexibility index (Phi) is 6.49. The van der Waals surface area contributed by atoms with Gasteiger partial charge in [0.2, 0.25) is 0 Å². The molecular formula is C19H23N3O2. The molecule has 0 bridgehead atoms. The third-order valence-electron chi connectivity index (χ3n) is 3.65. The maximum Gasteiger partial charge on any atom is 0.274 e. The quantitative estimate of drug-likeness (QED) is 0.565. The molecule has 0 unspecified atom stereocenters. The smallest absolute Gasteiger partial charge is 0.274 e. The van der Waals surface area contributed by atoms with Gasteiger partial charge in [0.25, 0.3) is 5.91 Å². The lowest BCUT2D eigenvalue weighted by Gasteiger charge is -2.08. The van der Waals surface area contributed by atoms with E-state index in [0.29, 0.717) is 16.9 Å². The summed E-state index contributed by atoms with van der Waals surface area (Å²) < 4.78 is 0. The summed E-state index contributed by atoms with van der Waals surface area (Å²) in [5, 5.41) is 6.09. The maximum absolute atomic E-state index is 12.3. The van der Waals surface area contributed by atoms with E-state index < -0.39 is 0 Å². The summed E-state index contributed by atoms with van der Waals surface area (Å²) in [4.78, 5) is 27.7. The summed E-state index contributed by atoms with van der Waals surface area (Å²) in [6, 6.07) is 10.4. The molecule has 5 nitrogen and oxygen atoms in total. The Hall–Kier alpha value is -2.69. The fourth-order valence-electron chi connectivity index (χ4n) is 2.26. The Morgan fingerprint density at radius 1 is 1.04 bits per heavy atom. The number of benzene rings is 1. The van der Waals surface area contributed by atoms with Crippen LogP contribution in [0.4, 0.5) is 11.4 Å². The molecule has 2 aromatic rings. The van der Waals surface area contributed by atoms with Crippen molar-refractivity contribution in [3.8, 4) is 0 Å². The van der Waals surface area contributed by atoms with Crippen molar-refractivity contribution in [2.45, 2.75) is 33.1 Å². The predicted molar refractivity (Wildman–Crippen MR) is 96.7 cm³/mol. The zero-order valence-electron chi connectivity index (χ0n) is 14.1. The van der Waals surface area contributed by atoms with E-state index in [4.69, 9.17) is 0 Å². The summed E-state index contributed by atoms with van der Waals surface area (Å²) in [6.07, 6.45) is 5.08. The summed E-state index contributed by atoms with van der Waals surface area (Å²) in [7, 11) is 0. The van der Waals surface area contributed by atoms with Crippen LogP contribution in [0.1, 0.15) is 54.0 Å². The lowest BCUT2D eigenvalue weighted by atomic mass is 10.1. The van der Waals surface area contributed by atoms with Crippen molar-refractivity contribution in [1.29, 1.82) is 0 Å². The molecule has 0 aliphatic rings. The van der Waals surface area contributed by atoms with Crippen LogP contribution in [0.25, 0.3) is 0 Å². The molecule has 0 saturated carbocycles. The van der Waals surface area contributed by atoms with E-state index in [1.54, 1.807) is 36.5 Å². The molecule has 0 atom stereocenters. The second-order valence-corrected chi connectivity index (χ2v) is 5.65. The topological polar surface area (TPSA) is 71.1 Å². The van der Waals surface area contributed by atoms with Gasteiger partial charge >= 0.3 is 0 Å². The van der Waals surface area contributed by atoms with Crippen molar-refractivity contribution in [2.24, 2.45) is 0 Å². The zero-order valence-corrected chi connectivity index (χ0v) is 14.1. The van der Waals surface area contributed by atoms with Crippen LogP contribution < -0.4 is 10.6 Å². The van der Waals surface area contributed by atoms with Crippen molar-refractivity contribution in [3.05, 3.63) is 53.9 Å². The van der Waals surface area contributed by atoms with Crippen LogP contribution in [-0.4, -0.2) is 23.2 Å².